The van der Waals surface area contributed by atoms with Gasteiger partial charge in [0.2, 0.25) is 0 Å². The van der Waals surface area contributed by atoms with Gasteiger partial charge in [-0.1, -0.05) is 70.8 Å². The van der Waals surface area contributed by atoms with Crippen molar-refractivity contribution < 1.29 is 35.1 Å². The number of hydrogen-bond donors (Lipinski definition) is 0. The normalized spacial score (nSPS) is 13.2. The number of halogens is 8. The maximum atomic E-state index is 16.3. The molecule has 0 bridgehead atoms. The molecule has 2 heterocycles. The molecule has 0 spiro atoms. The lowest BCUT2D eigenvalue weighted by molar-refractivity contribution is 0.444. The van der Waals surface area contributed by atoms with Crippen molar-refractivity contribution in [3.8, 4) is 11.1 Å². The van der Waals surface area contributed by atoms with Crippen LogP contribution in [0, 0.1) is 74.2 Å². The molecule has 0 saturated carbocycles. The summed E-state index contributed by atoms with van der Waals surface area (Å²) in [5.41, 5.74) is 0.343. The van der Waals surface area contributed by atoms with Crippen LogP contribution in [0.5, 0.6) is 0 Å². The highest BCUT2D eigenvalue weighted by atomic mass is 19.2. The van der Waals surface area contributed by atoms with Gasteiger partial charge in [-0.2, -0.15) is 0 Å². The third kappa shape index (κ3) is 4.91. The van der Waals surface area contributed by atoms with Gasteiger partial charge in [-0.05, 0) is 74.2 Å². The number of hydrogen-bond acceptors (Lipinski definition) is 2. The summed E-state index contributed by atoms with van der Waals surface area (Å²) in [4.78, 5) is 2.00. The quantitative estimate of drug-likeness (QED) is 0.133. The molecule has 0 aromatic heterocycles. The molecular weight excluding hydrogens is 684 g/mol. The summed E-state index contributed by atoms with van der Waals surface area (Å²) in [5, 5.41) is 0. The first-order valence-electron chi connectivity index (χ1n) is 16.5. The van der Waals surface area contributed by atoms with Crippen LogP contribution in [0.15, 0.2) is 72.8 Å². The van der Waals surface area contributed by atoms with Gasteiger partial charge in [0.15, 0.2) is 46.5 Å². The van der Waals surface area contributed by atoms with Crippen molar-refractivity contribution in [1.82, 2.24) is 0 Å². The molecule has 0 N–H and O–H groups in total. The summed E-state index contributed by atoms with van der Waals surface area (Å²) in [5.74, 6) is -17.0. The number of aryl methyl sites for hydroxylation is 4. The third-order valence-corrected chi connectivity index (χ3v) is 9.84. The van der Waals surface area contributed by atoms with Gasteiger partial charge in [-0.3, -0.25) is 0 Å². The molecular formula is C42H28F8N2. The molecule has 0 fully saturated rings. The standard InChI is InChI=1S/C42H28F8N2/c1-19-5-9-27-23(13-19)17-24-14-20(2)6-10-28(24)51(27)41-37(47)33(43)31(34(44)38(41)48)32-35(45)39(49)42(40(50)36(32)46)52-29-11-7-21(3)15-25(29)18-26-16-22(4)8-12-30(26)52/h5-16H,17-18H2,1-4H3. The van der Waals surface area contributed by atoms with Crippen LogP contribution in [0.3, 0.4) is 0 Å². The SMILES string of the molecule is Cc1ccc2c(c1)Cc1cc(C)ccc1N2c1c(F)c(F)c(-c2c(F)c(F)c(N3c4ccc(C)cc4Cc4cc(C)ccc43)c(F)c2F)c(F)c1F. The minimum absolute atomic E-state index is 0.220. The lowest BCUT2D eigenvalue weighted by atomic mass is 9.91. The van der Waals surface area contributed by atoms with E-state index in [0.29, 0.717) is 35.1 Å². The van der Waals surface area contributed by atoms with Gasteiger partial charge < -0.3 is 9.80 Å². The lowest BCUT2D eigenvalue weighted by Crippen LogP contribution is -2.23. The van der Waals surface area contributed by atoms with E-state index in [2.05, 4.69) is 0 Å². The molecule has 52 heavy (non-hydrogen) atoms. The van der Waals surface area contributed by atoms with Crippen LogP contribution >= 0.6 is 0 Å². The van der Waals surface area contributed by atoms with E-state index in [1.54, 1.807) is 72.8 Å². The first kappa shape index (κ1) is 33.5. The smallest absolute Gasteiger partial charge is 0.186 e. The predicted octanol–water partition coefficient (Wildman–Crippen LogP) is 12.4. The zero-order chi connectivity index (χ0) is 36.9. The second-order valence-corrected chi connectivity index (χ2v) is 13.5. The predicted molar refractivity (Wildman–Crippen MR) is 185 cm³/mol. The molecule has 0 aliphatic carbocycles. The van der Waals surface area contributed by atoms with Gasteiger partial charge in [0, 0.05) is 35.6 Å². The Morgan fingerprint density at radius 3 is 0.808 bits per heavy atom. The molecule has 8 rings (SSSR count). The Labute approximate surface area is 294 Å². The maximum Gasteiger partial charge on any atom is 0.186 e. The number of nitrogens with zero attached hydrogens (tertiary/aromatic N) is 2. The van der Waals surface area contributed by atoms with Gasteiger partial charge in [0.05, 0.1) is 11.1 Å². The second kappa shape index (κ2) is 12.0. The van der Waals surface area contributed by atoms with E-state index in [4.69, 9.17) is 0 Å². The van der Waals surface area contributed by atoms with E-state index in [0.717, 1.165) is 32.1 Å². The maximum absolute atomic E-state index is 16.3. The van der Waals surface area contributed by atoms with Crippen LogP contribution < -0.4 is 9.80 Å². The van der Waals surface area contributed by atoms with Crippen LogP contribution in [-0.4, -0.2) is 0 Å². The van der Waals surface area contributed by atoms with Crippen molar-refractivity contribution in [2.24, 2.45) is 0 Å². The zero-order valence-electron chi connectivity index (χ0n) is 28.3. The van der Waals surface area contributed by atoms with E-state index < -0.39 is 69.0 Å². The number of benzene rings is 6. The summed E-state index contributed by atoms with van der Waals surface area (Å²) in [6.07, 6.45) is 0.701. The summed E-state index contributed by atoms with van der Waals surface area (Å²) >= 11 is 0. The Morgan fingerprint density at radius 1 is 0.346 bits per heavy atom. The number of fused-ring (bicyclic) bond motifs is 4. The van der Waals surface area contributed by atoms with Gasteiger partial charge in [0.25, 0.3) is 0 Å². The van der Waals surface area contributed by atoms with E-state index in [-0.39, 0.29) is 22.7 Å². The fraction of sp³-hybridized carbons (Fsp3) is 0.143. The Kier molecular flexibility index (Phi) is 7.71. The molecule has 2 nitrogen and oxygen atoms in total. The van der Waals surface area contributed by atoms with Crippen molar-refractivity contribution in [1.29, 1.82) is 0 Å². The number of rotatable bonds is 3. The van der Waals surface area contributed by atoms with E-state index >= 15 is 35.1 Å². The minimum atomic E-state index is -2.23. The van der Waals surface area contributed by atoms with Crippen molar-refractivity contribution in [3.63, 3.8) is 0 Å². The van der Waals surface area contributed by atoms with Crippen LogP contribution in [-0.2, 0) is 12.8 Å². The molecule has 0 unspecified atom stereocenters. The van der Waals surface area contributed by atoms with E-state index in [1.165, 1.54) is 0 Å². The van der Waals surface area contributed by atoms with Crippen molar-refractivity contribution in [3.05, 3.63) is 164 Å². The number of anilines is 6. The lowest BCUT2D eigenvalue weighted by Gasteiger charge is -2.35. The van der Waals surface area contributed by atoms with Gasteiger partial charge >= 0.3 is 0 Å². The van der Waals surface area contributed by atoms with Gasteiger partial charge in [-0.25, -0.2) is 35.1 Å². The molecule has 6 aromatic rings. The highest BCUT2D eigenvalue weighted by molar-refractivity contribution is 5.88. The molecule has 2 aliphatic heterocycles. The van der Waals surface area contributed by atoms with Crippen LogP contribution in [0.2, 0.25) is 0 Å². The molecule has 2 aliphatic rings. The summed E-state index contributed by atoms with van der Waals surface area (Å²) in [6, 6.07) is 19.8. The van der Waals surface area contributed by atoms with Crippen molar-refractivity contribution in [2.45, 2.75) is 40.5 Å². The average Bonchev–Trinajstić information content (AvgIpc) is 3.10. The molecule has 0 radical (unpaired) electrons. The summed E-state index contributed by atoms with van der Waals surface area (Å²) in [6.45, 7) is 7.23. The third-order valence-electron chi connectivity index (χ3n) is 9.84. The topological polar surface area (TPSA) is 6.48 Å². The van der Waals surface area contributed by atoms with Crippen molar-refractivity contribution >= 4 is 34.1 Å². The van der Waals surface area contributed by atoms with Gasteiger partial charge in [0.1, 0.15) is 11.4 Å². The van der Waals surface area contributed by atoms with E-state index in [1.807, 2.05) is 27.7 Å². The van der Waals surface area contributed by atoms with Crippen LogP contribution in [0.1, 0.15) is 44.5 Å². The van der Waals surface area contributed by atoms with Crippen LogP contribution in [0.4, 0.5) is 69.2 Å². The highest BCUT2D eigenvalue weighted by Gasteiger charge is 2.39. The van der Waals surface area contributed by atoms with E-state index in [9.17, 15) is 0 Å². The molecule has 6 aromatic carbocycles. The minimum Gasteiger partial charge on any atom is -0.305 e. The monoisotopic (exact) mass is 712 g/mol. The first-order valence-corrected chi connectivity index (χ1v) is 16.5. The Bertz CT molecular complexity index is 2190. The molecule has 0 saturated heterocycles. The molecule has 262 valence electrons. The van der Waals surface area contributed by atoms with Gasteiger partial charge in [-0.15, -0.1) is 0 Å². The average molecular weight is 713 g/mol. The first-order chi connectivity index (χ1) is 24.8. The Morgan fingerprint density at radius 2 is 0.577 bits per heavy atom. The molecule has 10 heteroatoms. The van der Waals surface area contributed by atoms with Crippen molar-refractivity contribution in [2.75, 3.05) is 9.80 Å². The Balaban J connectivity index is 1.34. The summed E-state index contributed by atoms with van der Waals surface area (Å²) in [7, 11) is 0. The largest absolute Gasteiger partial charge is 0.305 e. The zero-order valence-corrected chi connectivity index (χ0v) is 28.3. The fourth-order valence-electron chi connectivity index (χ4n) is 7.52. The Hall–Kier alpha value is -5.64. The summed E-state index contributed by atoms with van der Waals surface area (Å²) < 4.78 is 130. The van der Waals surface area contributed by atoms with Crippen LogP contribution in [0.25, 0.3) is 11.1 Å². The molecule has 0 amide bonds. The fourth-order valence-corrected chi connectivity index (χ4v) is 7.52. The molecule has 0 atom stereocenters. The highest BCUT2D eigenvalue weighted by Crippen LogP contribution is 2.51. The second-order valence-electron chi connectivity index (χ2n) is 13.5.